The average molecular weight is 271 g/mol. The highest BCUT2D eigenvalue weighted by molar-refractivity contribution is 5.31. The molecule has 0 saturated heterocycles. The average Bonchev–Trinajstić information content (AvgIpc) is 2.53. The van der Waals surface area contributed by atoms with Gasteiger partial charge in [-0.2, -0.15) is 0 Å². The van der Waals surface area contributed by atoms with Crippen LogP contribution in [0.3, 0.4) is 0 Å². The van der Waals surface area contributed by atoms with E-state index < -0.39 is 0 Å². The summed E-state index contributed by atoms with van der Waals surface area (Å²) in [5, 5.41) is 3.23. The van der Waals surface area contributed by atoms with Gasteiger partial charge in [0, 0.05) is 6.04 Å². The maximum atomic E-state index is 5.83. The van der Waals surface area contributed by atoms with Crippen molar-refractivity contribution in [1.82, 2.24) is 5.32 Å². The van der Waals surface area contributed by atoms with Crippen molar-refractivity contribution >= 4 is 0 Å². The Bertz CT molecular complexity index is 537. The third kappa shape index (κ3) is 3.75. The number of nitrogens with one attached hydrogen (secondary N) is 1. The standard InChI is InChI=1S/C17H21NO2/c1-13(18-2)15-5-4-6-17(11-15)20-12-14-7-9-16(19-3)10-8-14/h4-11,13,18H,12H2,1-3H3. The van der Waals surface area contributed by atoms with Crippen molar-refractivity contribution in [3.8, 4) is 11.5 Å². The zero-order valence-electron chi connectivity index (χ0n) is 12.2. The van der Waals surface area contributed by atoms with Crippen LogP contribution in [0.2, 0.25) is 0 Å². The fourth-order valence-corrected chi connectivity index (χ4v) is 1.93. The maximum absolute atomic E-state index is 5.83. The van der Waals surface area contributed by atoms with E-state index in [4.69, 9.17) is 9.47 Å². The molecule has 0 heterocycles. The van der Waals surface area contributed by atoms with Crippen molar-refractivity contribution in [3.05, 3.63) is 59.7 Å². The number of methoxy groups -OCH3 is 1. The number of hydrogen-bond donors (Lipinski definition) is 1. The Balaban J connectivity index is 1.99. The predicted octanol–water partition coefficient (Wildman–Crippen LogP) is 3.55. The number of benzene rings is 2. The van der Waals surface area contributed by atoms with Crippen LogP contribution in [0, 0.1) is 0 Å². The minimum absolute atomic E-state index is 0.319. The Morgan fingerprint density at radius 1 is 1.05 bits per heavy atom. The Kier molecular flexibility index (Phi) is 5.02. The lowest BCUT2D eigenvalue weighted by molar-refractivity contribution is 0.305. The summed E-state index contributed by atoms with van der Waals surface area (Å²) >= 11 is 0. The molecule has 0 fully saturated rings. The van der Waals surface area contributed by atoms with Crippen LogP contribution in [-0.4, -0.2) is 14.2 Å². The van der Waals surface area contributed by atoms with Crippen LogP contribution in [-0.2, 0) is 6.61 Å². The minimum atomic E-state index is 0.319. The quantitative estimate of drug-likeness (QED) is 0.871. The largest absolute Gasteiger partial charge is 0.497 e. The van der Waals surface area contributed by atoms with E-state index in [0.717, 1.165) is 17.1 Å². The molecule has 0 saturated carbocycles. The van der Waals surface area contributed by atoms with Crippen LogP contribution in [0.25, 0.3) is 0 Å². The number of hydrogen-bond acceptors (Lipinski definition) is 3. The fourth-order valence-electron chi connectivity index (χ4n) is 1.93. The van der Waals surface area contributed by atoms with Gasteiger partial charge in [-0.1, -0.05) is 24.3 Å². The second kappa shape index (κ2) is 6.96. The third-order valence-electron chi connectivity index (χ3n) is 3.36. The Hall–Kier alpha value is -2.00. The van der Waals surface area contributed by atoms with Gasteiger partial charge in [-0.3, -0.25) is 0 Å². The van der Waals surface area contributed by atoms with E-state index in [-0.39, 0.29) is 0 Å². The first-order chi connectivity index (χ1) is 9.72. The molecule has 1 N–H and O–H groups in total. The molecular formula is C17H21NO2. The first-order valence-electron chi connectivity index (χ1n) is 6.76. The van der Waals surface area contributed by atoms with E-state index in [1.165, 1.54) is 5.56 Å². The van der Waals surface area contributed by atoms with Gasteiger partial charge in [0.2, 0.25) is 0 Å². The minimum Gasteiger partial charge on any atom is -0.497 e. The summed E-state index contributed by atoms with van der Waals surface area (Å²) in [6, 6.07) is 16.4. The molecule has 1 unspecified atom stereocenters. The summed E-state index contributed by atoms with van der Waals surface area (Å²) in [4.78, 5) is 0. The molecule has 0 bridgehead atoms. The van der Waals surface area contributed by atoms with Gasteiger partial charge >= 0.3 is 0 Å². The molecule has 20 heavy (non-hydrogen) atoms. The lowest BCUT2D eigenvalue weighted by atomic mass is 10.1. The highest BCUT2D eigenvalue weighted by Gasteiger charge is 2.04. The Labute approximate surface area is 120 Å². The van der Waals surface area contributed by atoms with Gasteiger partial charge in [0.05, 0.1) is 7.11 Å². The predicted molar refractivity (Wildman–Crippen MR) is 81.2 cm³/mol. The van der Waals surface area contributed by atoms with Crippen molar-refractivity contribution in [2.24, 2.45) is 0 Å². The molecule has 3 nitrogen and oxygen atoms in total. The van der Waals surface area contributed by atoms with Crippen molar-refractivity contribution < 1.29 is 9.47 Å². The molecule has 0 aromatic heterocycles. The summed E-state index contributed by atoms with van der Waals surface area (Å²) < 4.78 is 11.0. The van der Waals surface area contributed by atoms with Gasteiger partial charge in [0.1, 0.15) is 18.1 Å². The van der Waals surface area contributed by atoms with Crippen LogP contribution in [0.5, 0.6) is 11.5 Å². The Morgan fingerprint density at radius 3 is 2.45 bits per heavy atom. The van der Waals surface area contributed by atoms with Crippen molar-refractivity contribution in [1.29, 1.82) is 0 Å². The van der Waals surface area contributed by atoms with Crippen LogP contribution >= 0.6 is 0 Å². The van der Waals surface area contributed by atoms with Crippen LogP contribution in [0.1, 0.15) is 24.1 Å². The maximum Gasteiger partial charge on any atom is 0.120 e. The highest BCUT2D eigenvalue weighted by atomic mass is 16.5. The van der Waals surface area contributed by atoms with Crippen molar-refractivity contribution in [2.45, 2.75) is 19.6 Å². The molecule has 3 heteroatoms. The summed E-state index contributed by atoms with van der Waals surface area (Å²) in [7, 11) is 3.62. The molecule has 0 aliphatic heterocycles. The van der Waals surface area contributed by atoms with E-state index >= 15 is 0 Å². The van der Waals surface area contributed by atoms with E-state index in [1.807, 2.05) is 43.4 Å². The van der Waals surface area contributed by atoms with Gasteiger partial charge < -0.3 is 14.8 Å². The number of ether oxygens (including phenoxy) is 2. The van der Waals surface area contributed by atoms with Gasteiger partial charge in [-0.25, -0.2) is 0 Å². The zero-order chi connectivity index (χ0) is 14.4. The fraction of sp³-hybridized carbons (Fsp3) is 0.294. The van der Waals surface area contributed by atoms with E-state index in [2.05, 4.69) is 24.4 Å². The molecule has 1 atom stereocenters. The summed E-state index contributed by atoms with van der Waals surface area (Å²) in [6.07, 6.45) is 0. The van der Waals surface area contributed by atoms with Gasteiger partial charge in [-0.15, -0.1) is 0 Å². The molecule has 2 rings (SSSR count). The van der Waals surface area contributed by atoms with E-state index in [0.29, 0.717) is 12.6 Å². The smallest absolute Gasteiger partial charge is 0.120 e. The van der Waals surface area contributed by atoms with Crippen LogP contribution in [0.15, 0.2) is 48.5 Å². The molecule has 0 spiro atoms. The molecule has 106 valence electrons. The van der Waals surface area contributed by atoms with Crippen molar-refractivity contribution in [2.75, 3.05) is 14.2 Å². The topological polar surface area (TPSA) is 30.5 Å². The van der Waals surface area contributed by atoms with Gasteiger partial charge in [0.25, 0.3) is 0 Å². The summed E-state index contributed by atoms with van der Waals surface area (Å²) in [6.45, 7) is 2.68. The van der Waals surface area contributed by atoms with Crippen LogP contribution < -0.4 is 14.8 Å². The molecule has 0 radical (unpaired) electrons. The molecule has 2 aromatic carbocycles. The van der Waals surface area contributed by atoms with Gasteiger partial charge in [0.15, 0.2) is 0 Å². The molecule has 0 amide bonds. The van der Waals surface area contributed by atoms with Gasteiger partial charge in [-0.05, 0) is 49.4 Å². The van der Waals surface area contributed by atoms with Crippen molar-refractivity contribution in [3.63, 3.8) is 0 Å². The lowest BCUT2D eigenvalue weighted by Gasteiger charge is -2.13. The molecule has 2 aromatic rings. The summed E-state index contributed by atoms with van der Waals surface area (Å²) in [5.41, 5.74) is 2.34. The lowest BCUT2D eigenvalue weighted by Crippen LogP contribution is -2.12. The second-order valence-corrected chi connectivity index (χ2v) is 4.72. The summed E-state index contributed by atoms with van der Waals surface area (Å²) in [5.74, 6) is 1.75. The molecule has 0 aliphatic rings. The molecular weight excluding hydrogens is 250 g/mol. The van der Waals surface area contributed by atoms with Crippen LogP contribution in [0.4, 0.5) is 0 Å². The molecule has 0 aliphatic carbocycles. The second-order valence-electron chi connectivity index (χ2n) is 4.72. The SMILES string of the molecule is CNC(C)c1cccc(OCc2ccc(OC)cc2)c1. The third-order valence-corrected chi connectivity index (χ3v) is 3.36. The first-order valence-corrected chi connectivity index (χ1v) is 6.76. The normalized spacial score (nSPS) is 11.9. The van der Waals surface area contributed by atoms with E-state index in [1.54, 1.807) is 7.11 Å². The number of rotatable bonds is 6. The highest BCUT2D eigenvalue weighted by Crippen LogP contribution is 2.20. The first kappa shape index (κ1) is 14.4. The zero-order valence-corrected chi connectivity index (χ0v) is 12.2. The van der Waals surface area contributed by atoms with E-state index in [9.17, 15) is 0 Å². The monoisotopic (exact) mass is 271 g/mol. The Morgan fingerprint density at radius 2 is 1.80 bits per heavy atom.